The Hall–Kier alpha value is -3.17. The van der Waals surface area contributed by atoms with Crippen LogP contribution in [-0.2, 0) is 6.42 Å². The molecule has 2 heterocycles. The maximum absolute atomic E-state index is 4.62. The molecule has 33 heavy (non-hydrogen) atoms. The van der Waals surface area contributed by atoms with Gasteiger partial charge in [-0.3, -0.25) is 0 Å². The molecule has 0 spiro atoms. The van der Waals surface area contributed by atoms with E-state index in [9.17, 15) is 0 Å². The number of rotatable bonds is 8. The zero-order chi connectivity index (χ0) is 23.2. The highest BCUT2D eigenvalue weighted by Gasteiger charge is 2.17. The van der Waals surface area contributed by atoms with Crippen LogP contribution in [0.1, 0.15) is 42.9 Å². The molecule has 0 unspecified atom stereocenters. The number of hydrogen-bond donors (Lipinski definition) is 1. The van der Waals surface area contributed by atoms with Crippen LogP contribution in [0.2, 0.25) is 0 Å². The molecule has 0 aliphatic carbocycles. The highest BCUT2D eigenvalue weighted by atomic mass is 15.1. The van der Waals surface area contributed by atoms with E-state index in [4.69, 9.17) is 0 Å². The van der Waals surface area contributed by atoms with E-state index in [2.05, 4.69) is 96.9 Å². The highest BCUT2D eigenvalue weighted by molar-refractivity contribution is 5.89. The molecule has 1 aliphatic heterocycles. The molecule has 1 N–H and O–H groups in total. The summed E-state index contributed by atoms with van der Waals surface area (Å²) >= 11 is 0. The lowest BCUT2D eigenvalue weighted by atomic mass is 9.90. The smallest absolute Gasteiger partial charge is 0.130 e. The highest BCUT2D eigenvalue weighted by Crippen LogP contribution is 2.27. The van der Waals surface area contributed by atoms with Crippen LogP contribution in [0.4, 0.5) is 5.82 Å². The number of likely N-dealkylation sites (tertiary alicyclic amines) is 1. The maximum atomic E-state index is 4.62. The van der Waals surface area contributed by atoms with Crippen LogP contribution in [-0.4, -0.2) is 30.0 Å². The molecule has 0 atom stereocenters. The van der Waals surface area contributed by atoms with E-state index >= 15 is 0 Å². The molecular weight excluding hydrogens is 402 g/mol. The van der Waals surface area contributed by atoms with Gasteiger partial charge in [-0.25, -0.2) is 4.98 Å². The molecule has 0 saturated carbocycles. The third-order valence-corrected chi connectivity index (χ3v) is 6.72. The molecule has 0 bridgehead atoms. The van der Waals surface area contributed by atoms with Gasteiger partial charge in [0.1, 0.15) is 5.82 Å². The first kappa shape index (κ1) is 23.0. The molecule has 3 aromatic rings. The molecule has 3 heteroatoms. The summed E-state index contributed by atoms with van der Waals surface area (Å²) < 4.78 is 0. The molecule has 1 aromatic heterocycles. The molecule has 4 rings (SSSR count). The van der Waals surface area contributed by atoms with Crippen LogP contribution in [0, 0.1) is 5.92 Å². The van der Waals surface area contributed by atoms with Gasteiger partial charge in [0.15, 0.2) is 0 Å². The molecule has 3 nitrogen and oxygen atoms in total. The Morgan fingerprint density at radius 1 is 1.09 bits per heavy atom. The predicted molar refractivity (Wildman–Crippen MR) is 143 cm³/mol. The lowest BCUT2D eigenvalue weighted by Crippen LogP contribution is -2.30. The number of aromatic nitrogens is 1. The molecule has 0 amide bonds. The number of piperidine rings is 1. The number of allylic oxidation sites excluding steroid dienone is 3. The van der Waals surface area contributed by atoms with Crippen molar-refractivity contribution < 1.29 is 0 Å². The molecular formula is C30H35N3. The third-order valence-electron chi connectivity index (χ3n) is 6.72. The van der Waals surface area contributed by atoms with Crippen LogP contribution in [0.25, 0.3) is 22.0 Å². The minimum atomic E-state index is 0.775. The Morgan fingerprint density at radius 3 is 2.67 bits per heavy atom. The molecule has 2 aromatic carbocycles. The second kappa shape index (κ2) is 10.6. The third kappa shape index (κ3) is 5.80. The standard InChI is InChI=1S/C30H35N3/c1-5-8-25(6-2)27-11-12-28-21-31-30(20-29(28)19-27)32-22(3)26-10-7-9-24(18-26)17-23-13-15-33(4)16-14-23/h5-7,9-12,18-21,23H,1,3,8,13-17H2,2,4H3,(H,31,32)/b25-6+. The van der Waals surface area contributed by atoms with E-state index < -0.39 is 0 Å². The first-order valence-corrected chi connectivity index (χ1v) is 12.0. The van der Waals surface area contributed by atoms with Gasteiger partial charge in [-0.1, -0.05) is 49.1 Å². The fraction of sp³-hybridized carbons (Fsp3) is 0.300. The van der Waals surface area contributed by atoms with Crippen LogP contribution >= 0.6 is 0 Å². The first-order chi connectivity index (χ1) is 16.1. The summed E-state index contributed by atoms with van der Waals surface area (Å²) in [5.74, 6) is 1.59. The van der Waals surface area contributed by atoms with Crippen molar-refractivity contribution in [3.8, 4) is 0 Å². The summed E-state index contributed by atoms with van der Waals surface area (Å²) in [6.07, 6.45) is 10.6. The van der Waals surface area contributed by atoms with Gasteiger partial charge in [0.05, 0.1) is 0 Å². The Kier molecular flexibility index (Phi) is 7.41. The number of nitrogens with zero attached hydrogens (tertiary/aromatic N) is 2. The molecule has 1 saturated heterocycles. The number of benzene rings is 2. The zero-order valence-corrected chi connectivity index (χ0v) is 20.0. The maximum Gasteiger partial charge on any atom is 0.130 e. The van der Waals surface area contributed by atoms with E-state index in [0.29, 0.717) is 0 Å². The van der Waals surface area contributed by atoms with Gasteiger partial charge in [-0.2, -0.15) is 0 Å². The quantitative estimate of drug-likeness (QED) is 0.378. The van der Waals surface area contributed by atoms with Crippen molar-refractivity contribution in [2.24, 2.45) is 5.92 Å². The van der Waals surface area contributed by atoms with E-state index in [1.165, 1.54) is 42.6 Å². The van der Waals surface area contributed by atoms with Crippen LogP contribution in [0.3, 0.4) is 0 Å². The largest absolute Gasteiger partial charge is 0.340 e. The van der Waals surface area contributed by atoms with Crippen LogP contribution in [0.5, 0.6) is 0 Å². The fourth-order valence-electron chi connectivity index (χ4n) is 4.68. The van der Waals surface area contributed by atoms with Gasteiger partial charge in [-0.05, 0) is 105 Å². The van der Waals surface area contributed by atoms with Crippen molar-refractivity contribution in [1.82, 2.24) is 9.88 Å². The van der Waals surface area contributed by atoms with Crippen molar-refractivity contribution in [1.29, 1.82) is 0 Å². The van der Waals surface area contributed by atoms with Crippen molar-refractivity contribution in [3.63, 3.8) is 0 Å². The summed E-state index contributed by atoms with van der Waals surface area (Å²) in [5, 5.41) is 5.72. The summed E-state index contributed by atoms with van der Waals surface area (Å²) in [5.41, 5.74) is 5.90. The molecule has 1 fully saturated rings. The van der Waals surface area contributed by atoms with Gasteiger partial charge < -0.3 is 10.2 Å². The lowest BCUT2D eigenvalue weighted by molar-refractivity contribution is 0.219. The number of nitrogens with one attached hydrogen (secondary N) is 1. The minimum Gasteiger partial charge on any atom is -0.340 e. The first-order valence-electron chi connectivity index (χ1n) is 12.0. The van der Waals surface area contributed by atoms with Crippen LogP contribution in [0.15, 0.2) is 80.0 Å². The summed E-state index contributed by atoms with van der Waals surface area (Å²) in [6.45, 7) is 12.7. The van der Waals surface area contributed by atoms with Crippen molar-refractivity contribution in [3.05, 3.63) is 96.7 Å². The van der Waals surface area contributed by atoms with Crippen molar-refractivity contribution in [2.75, 3.05) is 25.5 Å². The minimum absolute atomic E-state index is 0.775. The average molecular weight is 438 g/mol. The molecule has 170 valence electrons. The Balaban J connectivity index is 1.48. The molecule has 1 aliphatic rings. The Morgan fingerprint density at radius 2 is 1.91 bits per heavy atom. The number of pyridine rings is 1. The van der Waals surface area contributed by atoms with E-state index in [-0.39, 0.29) is 0 Å². The predicted octanol–water partition coefficient (Wildman–Crippen LogP) is 7.18. The van der Waals surface area contributed by atoms with E-state index in [0.717, 1.165) is 46.6 Å². The van der Waals surface area contributed by atoms with Crippen molar-refractivity contribution >= 4 is 27.9 Å². The average Bonchev–Trinajstić information content (AvgIpc) is 2.83. The van der Waals surface area contributed by atoms with Gasteiger partial charge in [0.2, 0.25) is 0 Å². The second-order valence-electron chi connectivity index (χ2n) is 9.19. The van der Waals surface area contributed by atoms with Crippen LogP contribution < -0.4 is 5.32 Å². The summed E-state index contributed by atoms with van der Waals surface area (Å²) in [6, 6.07) is 17.4. The van der Waals surface area contributed by atoms with Gasteiger partial charge in [-0.15, -0.1) is 6.58 Å². The van der Waals surface area contributed by atoms with Gasteiger partial charge >= 0.3 is 0 Å². The Labute approximate surface area is 198 Å². The van der Waals surface area contributed by atoms with Crippen molar-refractivity contribution in [2.45, 2.75) is 32.6 Å². The summed E-state index contributed by atoms with van der Waals surface area (Å²) in [4.78, 5) is 7.05. The fourth-order valence-corrected chi connectivity index (χ4v) is 4.68. The Bertz CT molecular complexity index is 1170. The lowest BCUT2D eigenvalue weighted by Gasteiger charge is -2.29. The molecule has 0 radical (unpaired) electrons. The normalized spacial score (nSPS) is 15.5. The van der Waals surface area contributed by atoms with E-state index in [1.807, 2.05) is 12.3 Å². The number of anilines is 1. The number of fused-ring (bicyclic) bond motifs is 1. The monoisotopic (exact) mass is 437 g/mol. The van der Waals surface area contributed by atoms with E-state index in [1.54, 1.807) is 0 Å². The topological polar surface area (TPSA) is 28.2 Å². The van der Waals surface area contributed by atoms with Gasteiger partial charge in [0, 0.05) is 17.3 Å². The zero-order valence-electron chi connectivity index (χ0n) is 20.0. The van der Waals surface area contributed by atoms with Gasteiger partial charge in [0.25, 0.3) is 0 Å². The summed E-state index contributed by atoms with van der Waals surface area (Å²) in [7, 11) is 2.22. The SMILES string of the molecule is C=CC/C(=C\C)c1ccc2cnc(NC(=C)c3cccc(CC4CCN(C)CC4)c3)cc2c1. The number of hydrogen-bond acceptors (Lipinski definition) is 3. The second-order valence-corrected chi connectivity index (χ2v) is 9.19.